The standard InChI is InChI=1S/C16H23N2O.Y/c1-14-7-6-8-15(13-17)16(14)19-12-11-18(2)9-4-3-5-10-18;/h6-8H,3-5,9-12H2,1-2H3;/q+1;. The summed E-state index contributed by atoms with van der Waals surface area (Å²) in [6.45, 7) is 6.22. The zero-order chi connectivity index (χ0) is 13.7. The Balaban J connectivity index is 0.00000200. The fourth-order valence-electron chi connectivity index (χ4n) is 2.80. The molecule has 1 fully saturated rings. The molecule has 1 aromatic carbocycles. The van der Waals surface area contributed by atoms with Crippen LogP contribution in [0.15, 0.2) is 18.2 Å². The molecule has 4 heteroatoms. The van der Waals surface area contributed by atoms with Crippen LogP contribution in [0.4, 0.5) is 0 Å². The van der Waals surface area contributed by atoms with E-state index < -0.39 is 0 Å². The van der Waals surface area contributed by atoms with Crippen LogP contribution in [0.5, 0.6) is 5.75 Å². The first-order valence-electron chi connectivity index (χ1n) is 7.11. The van der Waals surface area contributed by atoms with E-state index in [0.717, 1.165) is 22.3 Å². The Labute approximate surface area is 147 Å². The Morgan fingerprint density at radius 1 is 1.25 bits per heavy atom. The van der Waals surface area contributed by atoms with Gasteiger partial charge in [0.25, 0.3) is 0 Å². The number of ether oxygens (including phenoxy) is 1. The molecule has 1 saturated heterocycles. The first-order chi connectivity index (χ1) is 9.14. The minimum atomic E-state index is 0. The van der Waals surface area contributed by atoms with E-state index in [9.17, 15) is 0 Å². The topological polar surface area (TPSA) is 33.0 Å². The third-order valence-electron chi connectivity index (χ3n) is 4.11. The van der Waals surface area contributed by atoms with Gasteiger partial charge in [-0.1, -0.05) is 12.1 Å². The molecule has 0 N–H and O–H groups in total. The molecular formula is C16H23N2OY+. The Bertz CT molecular complexity index is 476. The summed E-state index contributed by atoms with van der Waals surface area (Å²) in [5.74, 6) is 0.758. The predicted octanol–water partition coefficient (Wildman–Crippen LogP) is 2.87. The number of para-hydroxylation sites is 1. The Morgan fingerprint density at radius 2 is 1.95 bits per heavy atom. The van der Waals surface area contributed by atoms with Crippen LogP contribution < -0.4 is 4.74 Å². The third-order valence-corrected chi connectivity index (χ3v) is 4.11. The van der Waals surface area contributed by atoms with Gasteiger partial charge in [-0.05, 0) is 37.8 Å². The van der Waals surface area contributed by atoms with E-state index in [1.165, 1.54) is 32.4 Å². The molecule has 0 amide bonds. The van der Waals surface area contributed by atoms with Crippen LogP contribution in [0.2, 0.25) is 0 Å². The van der Waals surface area contributed by atoms with Crippen LogP contribution >= 0.6 is 0 Å². The van der Waals surface area contributed by atoms with Gasteiger partial charge in [0.1, 0.15) is 25.0 Å². The summed E-state index contributed by atoms with van der Waals surface area (Å²) in [7, 11) is 2.31. The van der Waals surface area contributed by atoms with Gasteiger partial charge in [-0.15, -0.1) is 0 Å². The number of nitrogens with zero attached hydrogens (tertiary/aromatic N) is 2. The van der Waals surface area contributed by atoms with Gasteiger partial charge in [0.15, 0.2) is 0 Å². The molecule has 0 bridgehead atoms. The maximum atomic E-state index is 9.11. The summed E-state index contributed by atoms with van der Waals surface area (Å²) in [5, 5.41) is 9.11. The van der Waals surface area contributed by atoms with Crippen molar-refractivity contribution in [2.75, 3.05) is 33.3 Å². The average Bonchev–Trinajstić information content (AvgIpc) is 2.41. The van der Waals surface area contributed by atoms with Gasteiger partial charge in [0, 0.05) is 32.7 Å². The second kappa shape index (κ2) is 8.12. The van der Waals surface area contributed by atoms with Gasteiger partial charge >= 0.3 is 0 Å². The first kappa shape index (κ1) is 17.6. The third kappa shape index (κ3) is 4.55. The molecule has 1 aromatic rings. The van der Waals surface area contributed by atoms with Gasteiger partial charge in [0.2, 0.25) is 0 Å². The van der Waals surface area contributed by atoms with Crippen molar-refractivity contribution >= 4 is 0 Å². The number of likely N-dealkylation sites (N-methyl/N-ethyl adjacent to an activating group) is 1. The Morgan fingerprint density at radius 3 is 2.60 bits per heavy atom. The number of hydrogen-bond donors (Lipinski definition) is 0. The molecule has 0 saturated carbocycles. The summed E-state index contributed by atoms with van der Waals surface area (Å²) >= 11 is 0. The molecule has 20 heavy (non-hydrogen) atoms. The first-order valence-corrected chi connectivity index (χ1v) is 7.11. The number of likely N-dealkylation sites (tertiary alicyclic amines) is 1. The fourth-order valence-corrected chi connectivity index (χ4v) is 2.80. The van der Waals surface area contributed by atoms with Gasteiger partial charge in [0.05, 0.1) is 25.7 Å². The molecule has 1 aliphatic rings. The predicted molar refractivity (Wildman–Crippen MR) is 76.0 cm³/mol. The quantitative estimate of drug-likeness (QED) is 0.784. The van der Waals surface area contributed by atoms with E-state index in [2.05, 4.69) is 13.1 Å². The van der Waals surface area contributed by atoms with Crippen molar-refractivity contribution in [2.24, 2.45) is 0 Å². The molecule has 105 valence electrons. The van der Waals surface area contributed by atoms with Crippen LogP contribution in [-0.4, -0.2) is 37.8 Å². The zero-order valence-corrected chi connectivity index (χ0v) is 15.4. The van der Waals surface area contributed by atoms with Crippen molar-refractivity contribution in [3.8, 4) is 11.8 Å². The molecule has 0 unspecified atom stereocenters. The van der Waals surface area contributed by atoms with Gasteiger partial charge in [-0.2, -0.15) is 5.26 Å². The summed E-state index contributed by atoms with van der Waals surface area (Å²) in [6, 6.07) is 7.92. The molecule has 1 heterocycles. The van der Waals surface area contributed by atoms with Crippen LogP contribution in [0, 0.1) is 18.3 Å². The van der Waals surface area contributed by atoms with Crippen LogP contribution in [0.3, 0.4) is 0 Å². The minimum Gasteiger partial charge on any atom is -0.486 e. The van der Waals surface area contributed by atoms with Crippen molar-refractivity contribution < 1.29 is 41.9 Å². The average molecular weight is 348 g/mol. The Kier molecular flexibility index (Phi) is 7.16. The number of aryl methyl sites for hydroxylation is 1. The van der Waals surface area contributed by atoms with Crippen molar-refractivity contribution in [1.29, 1.82) is 5.26 Å². The maximum absolute atomic E-state index is 9.11. The molecule has 1 aliphatic heterocycles. The van der Waals surface area contributed by atoms with E-state index in [1.54, 1.807) is 0 Å². The number of benzene rings is 1. The van der Waals surface area contributed by atoms with E-state index in [1.807, 2.05) is 25.1 Å². The van der Waals surface area contributed by atoms with E-state index in [4.69, 9.17) is 10.00 Å². The summed E-state index contributed by atoms with van der Waals surface area (Å²) < 4.78 is 6.99. The second-order valence-corrected chi connectivity index (χ2v) is 5.76. The zero-order valence-electron chi connectivity index (χ0n) is 12.6. The Hall–Kier alpha value is -0.426. The molecule has 0 aromatic heterocycles. The van der Waals surface area contributed by atoms with Gasteiger partial charge in [-0.3, -0.25) is 0 Å². The van der Waals surface area contributed by atoms with E-state index >= 15 is 0 Å². The largest absolute Gasteiger partial charge is 0.486 e. The fraction of sp³-hybridized carbons (Fsp3) is 0.562. The van der Waals surface area contributed by atoms with E-state index in [0.29, 0.717) is 12.2 Å². The number of rotatable bonds is 4. The van der Waals surface area contributed by atoms with Crippen molar-refractivity contribution in [2.45, 2.75) is 26.2 Å². The normalized spacial score (nSPS) is 16.9. The van der Waals surface area contributed by atoms with Crippen LogP contribution in [0.25, 0.3) is 0 Å². The molecule has 1 radical (unpaired) electrons. The molecule has 0 atom stereocenters. The number of piperidine rings is 1. The van der Waals surface area contributed by atoms with Gasteiger partial charge < -0.3 is 9.22 Å². The van der Waals surface area contributed by atoms with Crippen LogP contribution in [-0.2, 0) is 32.7 Å². The van der Waals surface area contributed by atoms with Crippen molar-refractivity contribution in [3.63, 3.8) is 0 Å². The molecule has 3 nitrogen and oxygen atoms in total. The number of nitriles is 1. The van der Waals surface area contributed by atoms with E-state index in [-0.39, 0.29) is 32.7 Å². The smallest absolute Gasteiger partial charge is 0.140 e. The summed E-state index contributed by atoms with van der Waals surface area (Å²) in [6.07, 6.45) is 4.01. The summed E-state index contributed by atoms with van der Waals surface area (Å²) in [5.41, 5.74) is 1.68. The molecular weight excluding hydrogens is 325 g/mol. The molecule has 0 aliphatic carbocycles. The number of quaternary nitrogens is 1. The molecule has 2 rings (SSSR count). The van der Waals surface area contributed by atoms with Gasteiger partial charge in [-0.25, -0.2) is 0 Å². The number of hydrogen-bond acceptors (Lipinski definition) is 2. The minimum absolute atomic E-state index is 0. The monoisotopic (exact) mass is 348 g/mol. The second-order valence-electron chi connectivity index (χ2n) is 5.76. The van der Waals surface area contributed by atoms with Crippen molar-refractivity contribution in [3.05, 3.63) is 29.3 Å². The van der Waals surface area contributed by atoms with Crippen LogP contribution in [0.1, 0.15) is 30.4 Å². The SMILES string of the molecule is Cc1cccc(C#N)c1OCC[N+]1(C)CCCCC1.[Y]. The maximum Gasteiger partial charge on any atom is 0.140 e. The van der Waals surface area contributed by atoms with Crippen molar-refractivity contribution in [1.82, 2.24) is 0 Å². The summed E-state index contributed by atoms with van der Waals surface area (Å²) in [4.78, 5) is 0. The molecule has 0 spiro atoms.